The van der Waals surface area contributed by atoms with Crippen LogP contribution in [0.25, 0.3) is 0 Å². The predicted octanol–water partition coefficient (Wildman–Crippen LogP) is 4.18. The van der Waals surface area contributed by atoms with Gasteiger partial charge < -0.3 is 10.1 Å². The molecule has 0 aliphatic heterocycles. The number of aromatic nitrogens is 2. The number of thioether (sulfide) groups is 1. The third-order valence-corrected chi connectivity index (χ3v) is 4.14. The summed E-state index contributed by atoms with van der Waals surface area (Å²) < 4.78 is 5.25. The molecule has 112 valence electrons. The van der Waals surface area contributed by atoms with Gasteiger partial charge in [-0.05, 0) is 30.9 Å². The summed E-state index contributed by atoms with van der Waals surface area (Å²) in [6.07, 6.45) is 3.05. The summed E-state index contributed by atoms with van der Waals surface area (Å²) in [6.45, 7) is 3.05. The average molecular weight is 321 g/mol. The molecule has 0 saturated carbocycles. The van der Waals surface area contributed by atoms with Crippen molar-refractivity contribution in [2.45, 2.75) is 28.4 Å². The number of rotatable bonds is 7. The highest BCUT2D eigenvalue weighted by molar-refractivity contribution is 7.99. The zero-order valence-electron chi connectivity index (χ0n) is 12.4. The maximum Gasteiger partial charge on any atom is 0.190 e. The second-order valence-corrected chi connectivity index (χ2v) is 6.15. The molecule has 21 heavy (non-hydrogen) atoms. The van der Waals surface area contributed by atoms with Gasteiger partial charge in [0.15, 0.2) is 5.16 Å². The molecule has 1 aromatic carbocycles. The topological polar surface area (TPSA) is 47.0 Å². The van der Waals surface area contributed by atoms with E-state index in [4.69, 9.17) is 4.74 Å². The predicted molar refractivity (Wildman–Crippen MR) is 89.7 cm³/mol. The lowest BCUT2D eigenvalue weighted by Gasteiger charge is -2.08. The van der Waals surface area contributed by atoms with Gasteiger partial charge in [0.2, 0.25) is 0 Å². The maximum atomic E-state index is 5.25. The zero-order chi connectivity index (χ0) is 15.1. The second-order valence-electron chi connectivity index (χ2n) is 4.29. The summed E-state index contributed by atoms with van der Waals surface area (Å²) in [4.78, 5) is 10.1. The molecule has 1 N–H and O–H groups in total. The van der Waals surface area contributed by atoms with Crippen molar-refractivity contribution < 1.29 is 4.74 Å². The van der Waals surface area contributed by atoms with Gasteiger partial charge in [-0.1, -0.05) is 36.5 Å². The second kappa shape index (κ2) is 8.14. The molecule has 0 unspecified atom stereocenters. The largest absolute Gasteiger partial charge is 0.497 e. The highest BCUT2D eigenvalue weighted by atomic mass is 32.2. The van der Waals surface area contributed by atoms with Gasteiger partial charge >= 0.3 is 0 Å². The lowest BCUT2D eigenvalue weighted by atomic mass is 10.3. The Hall–Kier alpha value is -1.40. The number of benzene rings is 1. The lowest BCUT2D eigenvalue weighted by molar-refractivity contribution is 0.413. The molecule has 0 spiro atoms. The van der Waals surface area contributed by atoms with Gasteiger partial charge in [-0.3, -0.25) is 0 Å². The minimum absolute atomic E-state index is 0.779. The van der Waals surface area contributed by atoms with Crippen LogP contribution >= 0.6 is 23.5 Å². The average Bonchev–Trinajstić information content (AvgIpc) is 2.52. The van der Waals surface area contributed by atoms with Gasteiger partial charge in [0, 0.05) is 17.5 Å². The minimum atomic E-state index is 0.779. The number of anilines is 1. The first-order valence-corrected chi connectivity index (χ1v) is 8.78. The monoisotopic (exact) mass is 321 g/mol. The quantitative estimate of drug-likeness (QED) is 0.469. The van der Waals surface area contributed by atoms with E-state index in [0.29, 0.717) is 0 Å². The van der Waals surface area contributed by atoms with Gasteiger partial charge in [-0.25, -0.2) is 9.97 Å². The Kier molecular flexibility index (Phi) is 6.20. The molecule has 1 aromatic heterocycles. The molecule has 0 radical (unpaired) electrons. The molecule has 0 aliphatic carbocycles. The van der Waals surface area contributed by atoms with Crippen molar-refractivity contribution in [1.82, 2.24) is 9.97 Å². The van der Waals surface area contributed by atoms with Crippen LogP contribution < -0.4 is 10.1 Å². The molecule has 0 fully saturated rings. The number of nitrogens with zero attached hydrogens (tertiary/aromatic N) is 2. The Morgan fingerprint density at radius 3 is 2.81 bits per heavy atom. The first-order valence-electron chi connectivity index (χ1n) is 6.74. The van der Waals surface area contributed by atoms with Crippen LogP contribution in [0.5, 0.6) is 5.75 Å². The van der Waals surface area contributed by atoms with Crippen LogP contribution in [-0.2, 0) is 0 Å². The minimum Gasteiger partial charge on any atom is -0.497 e. The third kappa shape index (κ3) is 4.82. The Balaban J connectivity index is 2.21. The summed E-state index contributed by atoms with van der Waals surface area (Å²) in [7, 11) is 1.67. The van der Waals surface area contributed by atoms with Gasteiger partial charge in [-0.2, -0.15) is 0 Å². The van der Waals surface area contributed by atoms with Crippen molar-refractivity contribution in [1.29, 1.82) is 0 Å². The van der Waals surface area contributed by atoms with Crippen LogP contribution in [0, 0.1) is 0 Å². The molecular weight excluding hydrogens is 302 g/mol. The van der Waals surface area contributed by atoms with E-state index in [1.807, 2.05) is 36.6 Å². The molecule has 0 aliphatic rings. The van der Waals surface area contributed by atoms with Crippen molar-refractivity contribution in [3.8, 4) is 5.75 Å². The van der Waals surface area contributed by atoms with Gasteiger partial charge in [-0.15, -0.1) is 0 Å². The van der Waals surface area contributed by atoms with Crippen LogP contribution in [0.2, 0.25) is 0 Å². The normalized spacial score (nSPS) is 10.4. The van der Waals surface area contributed by atoms with E-state index in [0.717, 1.165) is 39.6 Å². The van der Waals surface area contributed by atoms with E-state index in [-0.39, 0.29) is 0 Å². The van der Waals surface area contributed by atoms with E-state index in [1.54, 1.807) is 30.6 Å². The Morgan fingerprint density at radius 1 is 1.24 bits per heavy atom. The Labute approximate surface area is 134 Å². The fourth-order valence-corrected chi connectivity index (χ4v) is 2.98. The van der Waals surface area contributed by atoms with E-state index in [2.05, 4.69) is 22.2 Å². The summed E-state index contributed by atoms with van der Waals surface area (Å²) in [5, 5.41) is 5.03. The van der Waals surface area contributed by atoms with Crippen LogP contribution in [0.15, 0.2) is 45.4 Å². The van der Waals surface area contributed by atoms with E-state index < -0.39 is 0 Å². The molecule has 0 amide bonds. The first-order chi connectivity index (χ1) is 10.2. The first kappa shape index (κ1) is 16.0. The number of ether oxygens (including phenoxy) is 1. The van der Waals surface area contributed by atoms with Gasteiger partial charge in [0.25, 0.3) is 0 Å². The van der Waals surface area contributed by atoms with Gasteiger partial charge in [0.1, 0.15) is 16.6 Å². The van der Waals surface area contributed by atoms with E-state index in [9.17, 15) is 0 Å². The number of nitrogens with one attached hydrogen (secondary N) is 1. The highest BCUT2D eigenvalue weighted by Crippen LogP contribution is 2.30. The number of hydrogen-bond donors (Lipinski definition) is 1. The number of hydrogen-bond acceptors (Lipinski definition) is 6. The summed E-state index contributed by atoms with van der Waals surface area (Å²) >= 11 is 3.16. The lowest BCUT2D eigenvalue weighted by Crippen LogP contribution is -2.03. The van der Waals surface area contributed by atoms with Crippen molar-refractivity contribution >= 4 is 29.3 Å². The molecular formula is C15H19N3OS2. The van der Waals surface area contributed by atoms with Gasteiger partial charge in [0.05, 0.1) is 7.11 Å². The van der Waals surface area contributed by atoms with Crippen molar-refractivity contribution in [2.24, 2.45) is 0 Å². The zero-order valence-corrected chi connectivity index (χ0v) is 14.1. The standard InChI is InChI=1S/C15H19N3OS2/c1-4-8-16-13-10-14(18-15(17-13)20-3)21-12-7-5-6-11(9-12)19-2/h5-7,9-10H,4,8H2,1-3H3,(H,16,17,18). The summed E-state index contributed by atoms with van der Waals surface area (Å²) in [5.74, 6) is 1.73. The molecule has 2 aromatic rings. The summed E-state index contributed by atoms with van der Waals surface area (Å²) in [6, 6.07) is 9.96. The SMILES string of the molecule is CCCNc1cc(Sc2cccc(OC)c2)nc(SC)n1. The maximum absolute atomic E-state index is 5.25. The summed E-state index contributed by atoms with van der Waals surface area (Å²) in [5.41, 5.74) is 0. The van der Waals surface area contributed by atoms with Crippen molar-refractivity contribution in [3.63, 3.8) is 0 Å². The van der Waals surface area contributed by atoms with E-state index in [1.165, 1.54) is 0 Å². The van der Waals surface area contributed by atoms with Crippen LogP contribution in [0.4, 0.5) is 5.82 Å². The molecule has 1 heterocycles. The molecule has 0 atom stereocenters. The molecule has 6 heteroatoms. The van der Waals surface area contributed by atoms with Crippen LogP contribution in [0.3, 0.4) is 0 Å². The van der Waals surface area contributed by atoms with Crippen molar-refractivity contribution in [2.75, 3.05) is 25.2 Å². The fourth-order valence-electron chi connectivity index (χ4n) is 1.68. The highest BCUT2D eigenvalue weighted by Gasteiger charge is 2.06. The third-order valence-electron chi connectivity index (χ3n) is 2.68. The fraction of sp³-hybridized carbons (Fsp3) is 0.333. The molecule has 2 rings (SSSR count). The van der Waals surface area contributed by atoms with Crippen LogP contribution in [-0.4, -0.2) is 29.9 Å². The molecule has 0 saturated heterocycles. The Bertz CT molecular complexity index is 593. The van der Waals surface area contributed by atoms with Crippen molar-refractivity contribution in [3.05, 3.63) is 30.3 Å². The number of methoxy groups -OCH3 is 1. The Morgan fingerprint density at radius 2 is 2.10 bits per heavy atom. The van der Waals surface area contributed by atoms with Crippen LogP contribution in [0.1, 0.15) is 13.3 Å². The molecule has 4 nitrogen and oxygen atoms in total. The van der Waals surface area contributed by atoms with E-state index >= 15 is 0 Å². The smallest absolute Gasteiger partial charge is 0.190 e. The molecule has 0 bridgehead atoms.